The van der Waals surface area contributed by atoms with Crippen molar-refractivity contribution in [3.63, 3.8) is 0 Å². The molecule has 1 aliphatic heterocycles. The first-order valence-corrected chi connectivity index (χ1v) is 5.78. The zero-order chi connectivity index (χ0) is 12.4. The van der Waals surface area contributed by atoms with Crippen LogP contribution in [0.15, 0.2) is 18.3 Å². The lowest BCUT2D eigenvalue weighted by Crippen LogP contribution is -2.48. The Hall–Kier alpha value is -1.62. The van der Waals surface area contributed by atoms with Crippen molar-refractivity contribution in [2.24, 2.45) is 5.73 Å². The Balaban J connectivity index is 2.10. The quantitative estimate of drug-likeness (QED) is 0.803. The van der Waals surface area contributed by atoms with E-state index in [9.17, 15) is 4.79 Å². The lowest BCUT2D eigenvalue weighted by molar-refractivity contribution is -0.129. The number of amides is 1. The van der Waals surface area contributed by atoms with Gasteiger partial charge in [0.1, 0.15) is 0 Å². The number of nitrogens with zero attached hydrogens (tertiary/aromatic N) is 3. The Kier molecular flexibility index (Phi) is 3.28. The van der Waals surface area contributed by atoms with Gasteiger partial charge in [-0.05, 0) is 19.1 Å². The molecule has 5 nitrogen and oxygen atoms in total. The first-order valence-electron chi connectivity index (χ1n) is 5.78. The van der Waals surface area contributed by atoms with Crippen molar-refractivity contribution in [3.8, 4) is 0 Å². The average Bonchev–Trinajstić information content (AvgIpc) is 2.33. The molecule has 17 heavy (non-hydrogen) atoms. The van der Waals surface area contributed by atoms with Gasteiger partial charge >= 0.3 is 0 Å². The number of hydrogen-bond acceptors (Lipinski definition) is 4. The van der Waals surface area contributed by atoms with Gasteiger partial charge in [-0.2, -0.15) is 0 Å². The SMILES string of the molecule is C[C@@H](N)c1ccc(N2CCN(C)C(=O)C2)cn1. The summed E-state index contributed by atoms with van der Waals surface area (Å²) in [5.74, 6) is 0.146. The highest BCUT2D eigenvalue weighted by Crippen LogP contribution is 2.17. The molecular weight excluding hydrogens is 216 g/mol. The van der Waals surface area contributed by atoms with Crippen LogP contribution in [0, 0.1) is 0 Å². The predicted molar refractivity (Wildman–Crippen MR) is 66.7 cm³/mol. The molecule has 5 heteroatoms. The highest BCUT2D eigenvalue weighted by atomic mass is 16.2. The van der Waals surface area contributed by atoms with Crippen LogP contribution in [-0.4, -0.2) is 42.5 Å². The van der Waals surface area contributed by atoms with Crippen LogP contribution in [0.2, 0.25) is 0 Å². The van der Waals surface area contributed by atoms with E-state index >= 15 is 0 Å². The maximum atomic E-state index is 11.6. The molecule has 0 bridgehead atoms. The number of piperazine rings is 1. The van der Waals surface area contributed by atoms with Gasteiger partial charge in [0.2, 0.25) is 5.91 Å². The van der Waals surface area contributed by atoms with Crippen molar-refractivity contribution in [2.45, 2.75) is 13.0 Å². The summed E-state index contributed by atoms with van der Waals surface area (Å²) in [6.45, 7) is 3.94. The topological polar surface area (TPSA) is 62.5 Å². The van der Waals surface area contributed by atoms with Crippen LogP contribution >= 0.6 is 0 Å². The van der Waals surface area contributed by atoms with E-state index in [-0.39, 0.29) is 11.9 Å². The molecule has 92 valence electrons. The molecule has 0 aromatic carbocycles. The maximum absolute atomic E-state index is 11.6. The third kappa shape index (κ3) is 2.55. The van der Waals surface area contributed by atoms with Gasteiger partial charge in [-0.25, -0.2) is 0 Å². The summed E-state index contributed by atoms with van der Waals surface area (Å²) in [5, 5.41) is 0. The third-order valence-corrected chi connectivity index (χ3v) is 3.06. The van der Waals surface area contributed by atoms with Crippen LogP contribution < -0.4 is 10.6 Å². The van der Waals surface area contributed by atoms with Crippen LogP contribution in [-0.2, 0) is 4.79 Å². The van der Waals surface area contributed by atoms with E-state index in [0.717, 1.165) is 24.5 Å². The molecule has 1 aliphatic rings. The molecule has 2 heterocycles. The molecule has 1 amide bonds. The smallest absolute Gasteiger partial charge is 0.241 e. The van der Waals surface area contributed by atoms with Crippen molar-refractivity contribution in [1.82, 2.24) is 9.88 Å². The van der Waals surface area contributed by atoms with E-state index in [1.165, 1.54) is 0 Å². The van der Waals surface area contributed by atoms with Gasteiger partial charge in [-0.15, -0.1) is 0 Å². The summed E-state index contributed by atoms with van der Waals surface area (Å²) >= 11 is 0. The molecule has 1 aromatic heterocycles. The van der Waals surface area contributed by atoms with Gasteiger partial charge in [0.25, 0.3) is 0 Å². The minimum Gasteiger partial charge on any atom is -0.359 e. The fourth-order valence-electron chi connectivity index (χ4n) is 1.83. The second kappa shape index (κ2) is 4.71. The number of carbonyl (C=O) groups excluding carboxylic acids is 1. The van der Waals surface area contributed by atoms with E-state index < -0.39 is 0 Å². The summed E-state index contributed by atoms with van der Waals surface area (Å²) in [6.07, 6.45) is 1.79. The molecule has 0 unspecified atom stereocenters. The van der Waals surface area contributed by atoms with E-state index in [4.69, 9.17) is 5.73 Å². The third-order valence-electron chi connectivity index (χ3n) is 3.06. The second-order valence-corrected chi connectivity index (χ2v) is 4.47. The summed E-state index contributed by atoms with van der Waals surface area (Å²) in [5.41, 5.74) is 7.60. The van der Waals surface area contributed by atoms with E-state index in [2.05, 4.69) is 4.98 Å². The van der Waals surface area contributed by atoms with E-state index in [1.54, 1.807) is 11.1 Å². The van der Waals surface area contributed by atoms with Crippen LogP contribution in [0.25, 0.3) is 0 Å². The summed E-state index contributed by atoms with van der Waals surface area (Å²) in [7, 11) is 1.83. The Morgan fingerprint density at radius 1 is 1.41 bits per heavy atom. The highest BCUT2D eigenvalue weighted by molar-refractivity contribution is 5.82. The van der Waals surface area contributed by atoms with Crippen molar-refractivity contribution in [1.29, 1.82) is 0 Å². The van der Waals surface area contributed by atoms with Crippen LogP contribution in [0.4, 0.5) is 5.69 Å². The maximum Gasteiger partial charge on any atom is 0.241 e. The monoisotopic (exact) mass is 234 g/mol. The van der Waals surface area contributed by atoms with Crippen molar-refractivity contribution in [3.05, 3.63) is 24.0 Å². The molecule has 0 spiro atoms. The molecule has 1 atom stereocenters. The van der Waals surface area contributed by atoms with Crippen molar-refractivity contribution in [2.75, 3.05) is 31.6 Å². The van der Waals surface area contributed by atoms with Gasteiger partial charge < -0.3 is 15.5 Å². The molecule has 0 saturated carbocycles. The molecule has 1 fully saturated rings. The lowest BCUT2D eigenvalue weighted by atomic mass is 10.2. The average molecular weight is 234 g/mol. The van der Waals surface area contributed by atoms with Crippen molar-refractivity contribution < 1.29 is 4.79 Å². The number of hydrogen-bond donors (Lipinski definition) is 1. The molecule has 1 aromatic rings. The number of aromatic nitrogens is 1. The number of carbonyl (C=O) groups is 1. The van der Waals surface area contributed by atoms with Gasteiger partial charge in [0.05, 0.1) is 24.1 Å². The molecule has 2 N–H and O–H groups in total. The molecular formula is C12H18N4O. The largest absolute Gasteiger partial charge is 0.359 e. The fraction of sp³-hybridized carbons (Fsp3) is 0.500. The number of rotatable bonds is 2. The zero-order valence-electron chi connectivity index (χ0n) is 10.3. The van der Waals surface area contributed by atoms with Crippen LogP contribution in [0.5, 0.6) is 0 Å². The van der Waals surface area contributed by atoms with Gasteiger partial charge in [0.15, 0.2) is 0 Å². The van der Waals surface area contributed by atoms with Gasteiger partial charge in [-0.3, -0.25) is 9.78 Å². The predicted octanol–water partition coefficient (Wildman–Crippen LogP) is 0.380. The Labute approximate surface area is 101 Å². The minimum absolute atomic E-state index is 0.0572. The summed E-state index contributed by atoms with van der Waals surface area (Å²) < 4.78 is 0. The normalized spacial score (nSPS) is 18.4. The Bertz CT molecular complexity index is 401. The van der Waals surface area contributed by atoms with Crippen molar-refractivity contribution >= 4 is 11.6 Å². The minimum atomic E-state index is -0.0572. The number of likely N-dealkylation sites (N-methyl/N-ethyl adjacent to an activating group) is 1. The number of nitrogens with two attached hydrogens (primary N) is 1. The van der Waals surface area contributed by atoms with E-state index in [1.807, 2.05) is 31.0 Å². The highest BCUT2D eigenvalue weighted by Gasteiger charge is 2.21. The first kappa shape index (κ1) is 11.9. The molecule has 1 saturated heterocycles. The second-order valence-electron chi connectivity index (χ2n) is 4.47. The Morgan fingerprint density at radius 3 is 2.71 bits per heavy atom. The van der Waals surface area contributed by atoms with E-state index in [0.29, 0.717) is 6.54 Å². The van der Waals surface area contributed by atoms with Gasteiger partial charge in [0, 0.05) is 26.2 Å². The number of pyridine rings is 1. The standard InChI is InChI=1S/C12H18N4O/c1-9(13)11-4-3-10(7-14-11)16-6-5-15(2)12(17)8-16/h3-4,7,9H,5-6,8,13H2,1-2H3/t9-/m1/s1. The Morgan fingerprint density at radius 2 is 2.18 bits per heavy atom. The molecule has 2 rings (SSSR count). The summed E-state index contributed by atoms with van der Waals surface area (Å²) in [4.78, 5) is 19.7. The lowest BCUT2D eigenvalue weighted by Gasteiger charge is -2.33. The van der Waals surface area contributed by atoms with Crippen LogP contribution in [0.3, 0.4) is 0 Å². The zero-order valence-corrected chi connectivity index (χ0v) is 10.3. The van der Waals surface area contributed by atoms with Gasteiger partial charge in [-0.1, -0.05) is 0 Å². The summed E-state index contributed by atoms with van der Waals surface area (Å²) in [6, 6.07) is 3.84. The molecule has 0 radical (unpaired) electrons. The molecule has 0 aliphatic carbocycles. The fourth-order valence-corrected chi connectivity index (χ4v) is 1.83. The first-order chi connectivity index (χ1) is 8.08. The number of anilines is 1. The van der Waals surface area contributed by atoms with Crippen LogP contribution in [0.1, 0.15) is 18.7 Å².